The van der Waals surface area contributed by atoms with Gasteiger partial charge in [-0.3, -0.25) is 9.67 Å². The van der Waals surface area contributed by atoms with Crippen LogP contribution in [-0.2, 0) is 21.8 Å². The molecular formula is C16H12F3N5O2S. The first-order valence-electron chi connectivity index (χ1n) is 7.69. The molecule has 1 N–H and O–H groups in total. The number of halogens is 3. The molecule has 0 radical (unpaired) electrons. The van der Waals surface area contributed by atoms with Gasteiger partial charge in [0.1, 0.15) is 22.8 Å². The minimum Gasteiger partial charge on any atom is -0.280 e. The molecular weight excluding hydrogens is 383 g/mol. The predicted octanol–water partition coefficient (Wildman–Crippen LogP) is 2.86. The Bertz CT molecular complexity index is 1270. The van der Waals surface area contributed by atoms with Gasteiger partial charge in [0.2, 0.25) is 0 Å². The van der Waals surface area contributed by atoms with Crippen LogP contribution < -0.4 is 0 Å². The second-order valence-corrected chi connectivity index (χ2v) is 8.25. The highest BCUT2D eigenvalue weighted by Crippen LogP contribution is 2.30. The van der Waals surface area contributed by atoms with E-state index >= 15 is 0 Å². The molecule has 0 atom stereocenters. The molecule has 0 unspecified atom stereocenters. The van der Waals surface area contributed by atoms with E-state index in [4.69, 9.17) is 0 Å². The summed E-state index contributed by atoms with van der Waals surface area (Å²) in [6, 6.07) is 7.01. The molecule has 140 valence electrons. The van der Waals surface area contributed by atoms with Crippen LogP contribution in [0.3, 0.4) is 0 Å². The van der Waals surface area contributed by atoms with Crippen molar-refractivity contribution in [2.24, 2.45) is 0 Å². The molecule has 0 aliphatic carbocycles. The molecule has 3 aromatic heterocycles. The maximum atomic E-state index is 13.1. The van der Waals surface area contributed by atoms with E-state index in [0.717, 1.165) is 17.8 Å². The number of benzene rings is 1. The molecule has 1 aromatic carbocycles. The quantitative estimate of drug-likeness (QED) is 0.576. The summed E-state index contributed by atoms with van der Waals surface area (Å²) in [5.41, 5.74) is 0.209. The van der Waals surface area contributed by atoms with Crippen LogP contribution in [0.15, 0.2) is 36.5 Å². The van der Waals surface area contributed by atoms with Crippen molar-refractivity contribution in [3.05, 3.63) is 48.0 Å². The molecule has 0 bridgehead atoms. The normalized spacial score (nSPS) is 12.9. The molecule has 27 heavy (non-hydrogen) atoms. The van der Waals surface area contributed by atoms with Gasteiger partial charge in [0, 0.05) is 17.3 Å². The third-order valence-electron chi connectivity index (χ3n) is 3.94. The van der Waals surface area contributed by atoms with E-state index in [0.29, 0.717) is 11.1 Å². The number of H-pyrrole nitrogens is 1. The Kier molecular flexibility index (Phi) is 3.74. The summed E-state index contributed by atoms with van der Waals surface area (Å²) in [4.78, 5) is 7.89. The van der Waals surface area contributed by atoms with Gasteiger partial charge >= 0.3 is 6.18 Å². The van der Waals surface area contributed by atoms with Gasteiger partial charge < -0.3 is 0 Å². The van der Waals surface area contributed by atoms with Crippen molar-refractivity contribution in [1.82, 2.24) is 24.7 Å². The lowest BCUT2D eigenvalue weighted by atomic mass is 10.2. The maximum absolute atomic E-state index is 13.1. The van der Waals surface area contributed by atoms with E-state index < -0.39 is 27.5 Å². The van der Waals surface area contributed by atoms with Crippen molar-refractivity contribution < 1.29 is 21.6 Å². The monoisotopic (exact) mass is 395 g/mol. The minimum atomic E-state index is -4.63. The first-order valence-corrected chi connectivity index (χ1v) is 9.75. The van der Waals surface area contributed by atoms with Gasteiger partial charge in [-0.25, -0.2) is 18.4 Å². The van der Waals surface area contributed by atoms with Crippen molar-refractivity contribution in [1.29, 1.82) is 0 Å². The SMILES string of the molecule is CS(=O)(=O)Cc1nc2ccc(C(F)(F)F)nc2n1-c1ccc2[nH]ncc2c1. The number of imidazole rings is 1. The highest BCUT2D eigenvalue weighted by molar-refractivity contribution is 7.89. The first-order chi connectivity index (χ1) is 12.6. The number of sulfone groups is 1. The summed E-state index contributed by atoms with van der Waals surface area (Å²) in [7, 11) is -3.48. The Balaban J connectivity index is 2.02. The summed E-state index contributed by atoms with van der Waals surface area (Å²) in [6.45, 7) is 0. The second kappa shape index (κ2) is 5.78. The van der Waals surface area contributed by atoms with E-state index in [9.17, 15) is 21.6 Å². The van der Waals surface area contributed by atoms with Crippen molar-refractivity contribution in [3.63, 3.8) is 0 Å². The van der Waals surface area contributed by atoms with Crippen molar-refractivity contribution in [3.8, 4) is 5.69 Å². The lowest BCUT2D eigenvalue weighted by Crippen LogP contribution is -2.10. The summed E-state index contributed by atoms with van der Waals surface area (Å²) >= 11 is 0. The zero-order valence-electron chi connectivity index (χ0n) is 13.8. The number of fused-ring (bicyclic) bond motifs is 2. The lowest BCUT2D eigenvalue weighted by Gasteiger charge is -2.10. The number of pyridine rings is 1. The number of aromatic nitrogens is 5. The summed E-state index contributed by atoms with van der Waals surface area (Å²) in [6.07, 6.45) is -2.04. The fourth-order valence-electron chi connectivity index (χ4n) is 2.83. The van der Waals surface area contributed by atoms with Crippen LogP contribution >= 0.6 is 0 Å². The van der Waals surface area contributed by atoms with Crippen LogP contribution in [0.2, 0.25) is 0 Å². The van der Waals surface area contributed by atoms with E-state index in [1.807, 2.05) is 0 Å². The minimum absolute atomic E-state index is 0.0636. The van der Waals surface area contributed by atoms with Crippen molar-refractivity contribution >= 4 is 31.9 Å². The number of nitrogens with one attached hydrogen (secondary N) is 1. The number of aromatic amines is 1. The van der Waals surface area contributed by atoms with Gasteiger partial charge in [-0.1, -0.05) is 0 Å². The molecule has 0 amide bonds. The number of hydrogen-bond donors (Lipinski definition) is 1. The van der Waals surface area contributed by atoms with E-state index in [-0.39, 0.29) is 17.0 Å². The molecule has 0 aliphatic heterocycles. The van der Waals surface area contributed by atoms with E-state index in [2.05, 4.69) is 20.2 Å². The molecule has 3 heterocycles. The van der Waals surface area contributed by atoms with Crippen LogP contribution in [0.1, 0.15) is 11.5 Å². The lowest BCUT2D eigenvalue weighted by molar-refractivity contribution is -0.141. The molecule has 11 heteroatoms. The Morgan fingerprint density at radius 3 is 2.63 bits per heavy atom. The number of hydrogen-bond acceptors (Lipinski definition) is 5. The van der Waals surface area contributed by atoms with Crippen LogP contribution in [0.4, 0.5) is 13.2 Å². The van der Waals surface area contributed by atoms with Crippen LogP contribution in [0.5, 0.6) is 0 Å². The molecule has 4 aromatic rings. The van der Waals surface area contributed by atoms with Gasteiger partial charge in [0.25, 0.3) is 0 Å². The van der Waals surface area contributed by atoms with Crippen molar-refractivity contribution in [2.75, 3.05) is 6.26 Å². The van der Waals surface area contributed by atoms with E-state index in [1.54, 1.807) is 24.4 Å². The molecule has 0 fully saturated rings. The predicted molar refractivity (Wildman–Crippen MR) is 92.1 cm³/mol. The summed E-state index contributed by atoms with van der Waals surface area (Å²) in [5, 5.41) is 7.39. The Hall–Kier alpha value is -2.95. The smallest absolute Gasteiger partial charge is 0.280 e. The van der Waals surface area contributed by atoms with Gasteiger partial charge in [0.15, 0.2) is 15.5 Å². The Labute approximate surface area is 150 Å². The van der Waals surface area contributed by atoms with Gasteiger partial charge in [0.05, 0.1) is 11.7 Å². The standard InChI is InChI=1S/C16H12F3N5O2S/c1-27(25,26)8-14-21-12-4-5-13(16(17,18)19)22-15(12)24(14)10-2-3-11-9(6-10)7-20-23-11/h2-7H,8H2,1H3,(H,20,23). The molecule has 0 saturated carbocycles. The average Bonchev–Trinajstić information content (AvgIpc) is 3.14. The third kappa shape index (κ3) is 3.25. The summed E-state index contributed by atoms with van der Waals surface area (Å²) in [5.74, 6) is -0.351. The number of alkyl halides is 3. The summed E-state index contributed by atoms with van der Waals surface area (Å²) < 4.78 is 64.2. The first kappa shape index (κ1) is 17.5. The van der Waals surface area contributed by atoms with Crippen LogP contribution in [0.25, 0.3) is 27.8 Å². The Morgan fingerprint density at radius 2 is 1.93 bits per heavy atom. The maximum Gasteiger partial charge on any atom is 0.433 e. The molecule has 7 nitrogen and oxygen atoms in total. The number of nitrogens with zero attached hydrogens (tertiary/aromatic N) is 4. The van der Waals surface area contributed by atoms with Crippen LogP contribution in [0, 0.1) is 0 Å². The zero-order valence-corrected chi connectivity index (χ0v) is 14.6. The highest BCUT2D eigenvalue weighted by atomic mass is 32.2. The fraction of sp³-hybridized carbons (Fsp3) is 0.188. The second-order valence-electron chi connectivity index (χ2n) is 6.11. The van der Waals surface area contributed by atoms with Gasteiger partial charge in [-0.05, 0) is 30.3 Å². The van der Waals surface area contributed by atoms with Gasteiger partial charge in [-0.15, -0.1) is 0 Å². The highest BCUT2D eigenvalue weighted by Gasteiger charge is 2.33. The molecule has 0 spiro atoms. The topological polar surface area (TPSA) is 93.5 Å². The largest absolute Gasteiger partial charge is 0.433 e. The number of rotatable bonds is 3. The average molecular weight is 395 g/mol. The molecule has 4 rings (SSSR count). The Morgan fingerprint density at radius 1 is 1.15 bits per heavy atom. The van der Waals surface area contributed by atoms with Crippen LogP contribution in [-0.4, -0.2) is 39.4 Å². The zero-order chi connectivity index (χ0) is 19.4. The molecule has 0 saturated heterocycles. The fourth-order valence-corrected chi connectivity index (χ4v) is 3.50. The van der Waals surface area contributed by atoms with Crippen molar-refractivity contribution in [2.45, 2.75) is 11.9 Å². The molecule has 0 aliphatic rings. The third-order valence-corrected chi connectivity index (χ3v) is 4.72. The van der Waals surface area contributed by atoms with E-state index in [1.165, 1.54) is 10.6 Å². The van der Waals surface area contributed by atoms with Gasteiger partial charge in [-0.2, -0.15) is 18.3 Å².